The minimum absolute atomic E-state index is 0.0407. The van der Waals surface area contributed by atoms with E-state index in [4.69, 9.17) is 23.1 Å². The lowest BCUT2D eigenvalue weighted by atomic mass is 9.97. The van der Waals surface area contributed by atoms with E-state index in [2.05, 4.69) is 26.3 Å². The maximum Gasteiger partial charge on any atom is 0.312 e. The van der Waals surface area contributed by atoms with Gasteiger partial charge in [-0.3, -0.25) is 24.0 Å². The molecule has 1 aliphatic rings. The van der Waals surface area contributed by atoms with E-state index >= 15 is 0 Å². The summed E-state index contributed by atoms with van der Waals surface area (Å²) in [4.78, 5) is 80.4. The Bertz CT molecular complexity index is 1380. The summed E-state index contributed by atoms with van der Waals surface area (Å²) < 4.78 is 0. The van der Waals surface area contributed by atoms with Gasteiger partial charge in [-0.25, -0.2) is 4.79 Å². The standard InChI is InChI=1S/C29H41ClN8O7/c1-16(39)24(37-23(40)14-30)28(44)38-12-5-4-10-22(38)27(43)36-21(13-17-15-34-19-8-3-2-7-18(17)19)26(42)35-20(25(31)41)9-6-11-33-29(32)45/h2-3,7-8,15-16,20-22,24,34,39H,4-6,9-14H2,1H3,(H2,31,41)(H,35,42)(H,36,43)(H,37,40)(H3,32,33,45)/t16?,20-,21-,22-,24-/m0/s1. The van der Waals surface area contributed by atoms with Crippen LogP contribution in [0.3, 0.4) is 0 Å². The van der Waals surface area contributed by atoms with Crippen molar-refractivity contribution in [3.63, 3.8) is 0 Å². The Labute approximate surface area is 265 Å². The van der Waals surface area contributed by atoms with Gasteiger partial charge in [0, 0.05) is 36.6 Å². The van der Waals surface area contributed by atoms with Gasteiger partial charge in [0.05, 0.1) is 6.10 Å². The largest absolute Gasteiger partial charge is 0.391 e. The number of aliphatic hydroxyl groups excluding tert-OH is 1. The number of fused-ring (bicyclic) bond motifs is 1. The summed E-state index contributed by atoms with van der Waals surface area (Å²) in [5, 5.41) is 21.3. The van der Waals surface area contributed by atoms with Crippen molar-refractivity contribution in [1.29, 1.82) is 0 Å². The minimum Gasteiger partial charge on any atom is -0.391 e. The lowest BCUT2D eigenvalue weighted by molar-refractivity contribution is -0.147. The van der Waals surface area contributed by atoms with Crippen molar-refractivity contribution >= 4 is 58.1 Å². The fourth-order valence-electron chi connectivity index (χ4n) is 5.32. The van der Waals surface area contributed by atoms with Gasteiger partial charge in [-0.2, -0.15) is 0 Å². The normalized spacial score (nSPS) is 17.4. The molecule has 1 aromatic heterocycles. The van der Waals surface area contributed by atoms with Gasteiger partial charge < -0.3 is 47.7 Å². The van der Waals surface area contributed by atoms with Crippen LogP contribution >= 0.6 is 11.6 Å². The molecule has 0 saturated carbocycles. The molecule has 1 aromatic carbocycles. The monoisotopic (exact) mass is 648 g/mol. The number of aromatic nitrogens is 1. The first-order valence-corrected chi connectivity index (χ1v) is 15.3. The molecule has 16 heteroatoms. The fourth-order valence-corrected chi connectivity index (χ4v) is 5.40. The van der Waals surface area contributed by atoms with Crippen LogP contribution < -0.4 is 32.7 Å². The summed E-state index contributed by atoms with van der Waals surface area (Å²) in [7, 11) is 0. The van der Waals surface area contributed by atoms with Gasteiger partial charge in [-0.05, 0) is 50.7 Å². The van der Waals surface area contributed by atoms with Crippen molar-refractivity contribution < 1.29 is 33.9 Å². The zero-order chi connectivity index (χ0) is 33.1. The Morgan fingerprint density at radius 3 is 2.47 bits per heavy atom. The third kappa shape index (κ3) is 9.81. The number of para-hydroxylation sites is 1. The number of urea groups is 1. The number of nitrogens with zero attached hydrogens (tertiary/aromatic N) is 1. The Morgan fingerprint density at radius 1 is 1.07 bits per heavy atom. The maximum absolute atomic E-state index is 13.8. The number of likely N-dealkylation sites (tertiary alicyclic amines) is 1. The number of primary amides is 2. The molecule has 7 amide bonds. The number of aromatic amines is 1. The number of amides is 7. The summed E-state index contributed by atoms with van der Waals surface area (Å²) in [5.74, 6) is -3.81. The highest BCUT2D eigenvalue weighted by molar-refractivity contribution is 6.27. The zero-order valence-electron chi connectivity index (χ0n) is 25.0. The van der Waals surface area contributed by atoms with Gasteiger partial charge in [0.25, 0.3) is 0 Å². The number of aliphatic hydroxyl groups is 1. The second kappa shape index (κ2) is 16.6. The molecule has 5 atom stereocenters. The molecule has 0 aliphatic carbocycles. The maximum atomic E-state index is 13.8. The number of piperidine rings is 1. The van der Waals surface area contributed by atoms with Gasteiger partial charge in [0.1, 0.15) is 30.0 Å². The first-order valence-electron chi connectivity index (χ1n) is 14.7. The molecule has 3 rings (SSSR count). The van der Waals surface area contributed by atoms with Crippen LogP contribution in [-0.4, -0.2) is 99.8 Å². The van der Waals surface area contributed by atoms with E-state index in [1.165, 1.54) is 11.8 Å². The van der Waals surface area contributed by atoms with E-state index in [-0.39, 0.29) is 32.4 Å². The van der Waals surface area contributed by atoms with Crippen molar-refractivity contribution in [3.8, 4) is 0 Å². The average molecular weight is 649 g/mol. The van der Waals surface area contributed by atoms with Gasteiger partial charge in [-0.15, -0.1) is 11.6 Å². The molecule has 45 heavy (non-hydrogen) atoms. The van der Waals surface area contributed by atoms with Crippen LogP contribution in [0, 0.1) is 0 Å². The first kappa shape index (κ1) is 35.1. The molecule has 2 aromatic rings. The number of hydrogen-bond donors (Lipinski definition) is 8. The SMILES string of the molecule is CC(O)[C@H](NC(=O)CCl)C(=O)N1CCCC[C@H]1C(=O)N[C@@H](Cc1c[nH]c2ccccc12)C(=O)N[C@@H](CCCNC(N)=O)C(N)=O. The number of H-pyrrole nitrogens is 1. The molecule has 1 fully saturated rings. The van der Waals surface area contributed by atoms with E-state index < -0.39 is 71.7 Å². The Morgan fingerprint density at radius 2 is 1.80 bits per heavy atom. The molecular weight excluding hydrogens is 608 g/mol. The number of carbonyl (C=O) groups is 6. The average Bonchev–Trinajstić information content (AvgIpc) is 3.42. The summed E-state index contributed by atoms with van der Waals surface area (Å²) in [6.07, 6.45) is 2.40. The second-order valence-corrected chi connectivity index (χ2v) is 11.3. The molecule has 10 N–H and O–H groups in total. The van der Waals surface area contributed by atoms with E-state index in [1.54, 1.807) is 6.20 Å². The van der Waals surface area contributed by atoms with E-state index in [1.807, 2.05) is 24.3 Å². The van der Waals surface area contributed by atoms with E-state index in [0.29, 0.717) is 19.3 Å². The first-order chi connectivity index (χ1) is 21.4. The van der Waals surface area contributed by atoms with E-state index in [0.717, 1.165) is 16.5 Å². The number of hydrogen-bond acceptors (Lipinski definition) is 7. The van der Waals surface area contributed by atoms with Crippen molar-refractivity contribution in [2.75, 3.05) is 19.0 Å². The van der Waals surface area contributed by atoms with Crippen LogP contribution in [0.4, 0.5) is 4.79 Å². The predicted octanol–water partition coefficient (Wildman–Crippen LogP) is -0.901. The van der Waals surface area contributed by atoms with Crippen LogP contribution in [-0.2, 0) is 30.4 Å². The molecule has 0 spiro atoms. The molecule has 0 radical (unpaired) electrons. The highest BCUT2D eigenvalue weighted by atomic mass is 35.5. The third-order valence-corrected chi connectivity index (χ3v) is 7.88. The number of rotatable bonds is 15. The summed E-state index contributed by atoms with van der Waals surface area (Å²) in [5.41, 5.74) is 12.2. The van der Waals surface area contributed by atoms with Crippen LogP contribution in [0.5, 0.6) is 0 Å². The van der Waals surface area contributed by atoms with Crippen LogP contribution in [0.15, 0.2) is 30.5 Å². The van der Waals surface area contributed by atoms with Gasteiger partial charge >= 0.3 is 6.03 Å². The molecule has 2 heterocycles. The van der Waals surface area contributed by atoms with Crippen LogP contribution in [0.25, 0.3) is 10.9 Å². The van der Waals surface area contributed by atoms with Crippen LogP contribution in [0.1, 0.15) is 44.6 Å². The highest BCUT2D eigenvalue weighted by Crippen LogP contribution is 2.22. The fraction of sp³-hybridized carbons (Fsp3) is 0.517. The molecular formula is C29H41ClN8O7. The smallest absolute Gasteiger partial charge is 0.312 e. The Balaban J connectivity index is 1.84. The zero-order valence-corrected chi connectivity index (χ0v) is 25.8. The predicted molar refractivity (Wildman–Crippen MR) is 166 cm³/mol. The number of nitrogens with one attached hydrogen (secondary N) is 5. The van der Waals surface area contributed by atoms with E-state index in [9.17, 15) is 33.9 Å². The third-order valence-electron chi connectivity index (χ3n) is 7.64. The molecule has 1 aliphatic heterocycles. The Kier molecular flexibility index (Phi) is 13.0. The summed E-state index contributed by atoms with van der Waals surface area (Å²) in [6.45, 7) is 1.70. The van der Waals surface area contributed by atoms with Crippen molar-refractivity contribution in [1.82, 2.24) is 31.2 Å². The van der Waals surface area contributed by atoms with Crippen LogP contribution in [0.2, 0.25) is 0 Å². The van der Waals surface area contributed by atoms with Gasteiger partial charge in [-0.1, -0.05) is 18.2 Å². The van der Waals surface area contributed by atoms with Gasteiger partial charge in [0.15, 0.2) is 0 Å². The lowest BCUT2D eigenvalue weighted by Crippen LogP contribution is -2.62. The second-order valence-electron chi connectivity index (χ2n) is 11.0. The quantitative estimate of drug-likeness (QED) is 0.0893. The minimum atomic E-state index is -1.32. The highest BCUT2D eigenvalue weighted by Gasteiger charge is 2.39. The number of benzene rings is 1. The molecule has 0 bridgehead atoms. The molecule has 1 saturated heterocycles. The van der Waals surface area contributed by atoms with Crippen molar-refractivity contribution in [3.05, 3.63) is 36.0 Å². The molecule has 15 nitrogen and oxygen atoms in total. The lowest BCUT2D eigenvalue weighted by Gasteiger charge is -2.38. The number of carbonyl (C=O) groups excluding carboxylic acids is 6. The number of halogens is 1. The summed E-state index contributed by atoms with van der Waals surface area (Å²) in [6, 6.07) is 2.09. The number of alkyl halides is 1. The molecule has 1 unspecified atom stereocenters. The Hall–Kier alpha value is -4.37. The number of nitrogens with two attached hydrogens (primary N) is 2. The summed E-state index contributed by atoms with van der Waals surface area (Å²) >= 11 is 5.58. The van der Waals surface area contributed by atoms with Gasteiger partial charge in [0.2, 0.25) is 29.5 Å². The topological polar surface area (TPSA) is 242 Å². The van der Waals surface area contributed by atoms with Crippen molar-refractivity contribution in [2.24, 2.45) is 11.5 Å². The van der Waals surface area contributed by atoms with Crippen molar-refractivity contribution in [2.45, 2.75) is 75.7 Å². The molecule has 246 valence electrons.